The summed E-state index contributed by atoms with van der Waals surface area (Å²) < 4.78 is 10.4. The minimum Gasteiger partial charge on any atom is -0.444 e. The first-order valence-corrected chi connectivity index (χ1v) is 9.83. The first-order chi connectivity index (χ1) is 12.7. The zero-order chi connectivity index (χ0) is 20.7. The van der Waals surface area contributed by atoms with Gasteiger partial charge in [0.2, 0.25) is 0 Å². The van der Waals surface area contributed by atoms with Gasteiger partial charge in [-0.1, -0.05) is 13.3 Å². The third-order valence-corrected chi connectivity index (χ3v) is 3.77. The molecule has 0 aliphatic carbocycles. The largest absolute Gasteiger partial charge is 0.444 e. The monoisotopic (exact) mass is 387 g/mol. The average molecular weight is 388 g/mol. The van der Waals surface area contributed by atoms with E-state index in [4.69, 9.17) is 9.47 Å². The number of likely N-dealkylation sites (N-methyl/N-ethyl adjacent to an activating group) is 1. The average Bonchev–Trinajstić information content (AvgIpc) is 2.56. The van der Waals surface area contributed by atoms with Gasteiger partial charge in [-0.15, -0.1) is 0 Å². The van der Waals surface area contributed by atoms with Gasteiger partial charge in [0.15, 0.2) is 5.96 Å². The van der Waals surface area contributed by atoms with Gasteiger partial charge in [0.25, 0.3) is 0 Å². The molecule has 0 aromatic heterocycles. The van der Waals surface area contributed by atoms with Gasteiger partial charge in [0.1, 0.15) is 5.60 Å². The van der Waals surface area contributed by atoms with Crippen molar-refractivity contribution in [1.82, 2.24) is 20.9 Å². The number of guanidine groups is 1. The summed E-state index contributed by atoms with van der Waals surface area (Å²) in [5.74, 6) is 0.729. The third kappa shape index (κ3) is 15.2. The molecule has 3 N–H and O–H groups in total. The number of alkyl carbamates (subject to hydrolysis) is 1. The molecule has 1 unspecified atom stereocenters. The van der Waals surface area contributed by atoms with Gasteiger partial charge in [-0.25, -0.2) is 4.79 Å². The van der Waals surface area contributed by atoms with Crippen molar-refractivity contribution in [2.45, 2.75) is 58.6 Å². The molecule has 0 aliphatic rings. The van der Waals surface area contributed by atoms with Gasteiger partial charge in [-0.2, -0.15) is 0 Å². The predicted octanol–water partition coefficient (Wildman–Crippen LogP) is 1.81. The maximum absolute atomic E-state index is 12.0. The van der Waals surface area contributed by atoms with Crippen molar-refractivity contribution in [1.29, 1.82) is 0 Å². The summed E-state index contributed by atoms with van der Waals surface area (Å²) in [6, 6.07) is -0.0138. The van der Waals surface area contributed by atoms with Crippen molar-refractivity contribution < 1.29 is 14.3 Å². The van der Waals surface area contributed by atoms with Crippen LogP contribution in [0.15, 0.2) is 4.99 Å². The topological polar surface area (TPSA) is 87.2 Å². The molecule has 0 spiro atoms. The van der Waals surface area contributed by atoms with E-state index >= 15 is 0 Å². The Balaban J connectivity index is 4.24. The fraction of sp³-hybridized carbons (Fsp3) is 0.895. The Morgan fingerprint density at radius 3 is 2.48 bits per heavy atom. The summed E-state index contributed by atoms with van der Waals surface area (Å²) in [6.07, 6.45) is 2.48. The SMILES string of the molecule is CCCC(CNC(=NC)NCCN(C)CCCOC)NC(=O)OC(C)(C)C. The fourth-order valence-corrected chi connectivity index (χ4v) is 2.44. The lowest BCUT2D eigenvalue weighted by Crippen LogP contribution is -2.48. The number of hydrogen-bond donors (Lipinski definition) is 3. The molecule has 27 heavy (non-hydrogen) atoms. The molecule has 0 radical (unpaired) electrons. The van der Waals surface area contributed by atoms with Gasteiger partial charge in [0.05, 0.1) is 0 Å². The standard InChI is InChI=1S/C19H41N5O3/c1-8-10-16(23-18(25)27-19(2,3)4)15-22-17(20-5)21-11-13-24(6)12-9-14-26-7/h16H,8-15H2,1-7H3,(H,23,25)(H2,20,21,22). The van der Waals surface area contributed by atoms with E-state index in [1.54, 1.807) is 14.2 Å². The number of carbonyl (C=O) groups is 1. The van der Waals surface area contributed by atoms with Crippen LogP contribution in [0.5, 0.6) is 0 Å². The van der Waals surface area contributed by atoms with Gasteiger partial charge >= 0.3 is 6.09 Å². The van der Waals surface area contributed by atoms with E-state index in [0.717, 1.165) is 51.5 Å². The Labute approximate surface area is 165 Å². The molecule has 160 valence electrons. The van der Waals surface area contributed by atoms with Crippen molar-refractivity contribution in [3.63, 3.8) is 0 Å². The highest BCUT2D eigenvalue weighted by atomic mass is 16.6. The molecule has 8 nitrogen and oxygen atoms in total. The van der Waals surface area contributed by atoms with E-state index in [-0.39, 0.29) is 12.1 Å². The van der Waals surface area contributed by atoms with Crippen LogP contribution in [0.4, 0.5) is 4.79 Å². The summed E-state index contributed by atoms with van der Waals surface area (Å²) in [5.41, 5.74) is -0.499. The Hall–Kier alpha value is -1.54. The van der Waals surface area contributed by atoms with Crippen LogP contribution >= 0.6 is 0 Å². The number of carbonyl (C=O) groups excluding carboxylic acids is 1. The van der Waals surface area contributed by atoms with Crippen LogP contribution in [-0.2, 0) is 9.47 Å². The van der Waals surface area contributed by atoms with E-state index in [2.05, 4.69) is 39.8 Å². The molecule has 0 bridgehead atoms. The first-order valence-electron chi connectivity index (χ1n) is 9.83. The Bertz CT molecular complexity index is 424. The zero-order valence-corrected chi connectivity index (χ0v) is 18.4. The van der Waals surface area contributed by atoms with Crippen LogP contribution in [0, 0.1) is 0 Å². The van der Waals surface area contributed by atoms with E-state index in [1.807, 2.05) is 20.8 Å². The molecule has 0 aliphatic heterocycles. The maximum Gasteiger partial charge on any atom is 0.407 e. The van der Waals surface area contributed by atoms with Gasteiger partial charge < -0.3 is 30.3 Å². The van der Waals surface area contributed by atoms with Gasteiger partial charge in [0, 0.05) is 53.0 Å². The number of nitrogens with zero attached hydrogens (tertiary/aromatic N) is 2. The summed E-state index contributed by atoms with van der Waals surface area (Å²) >= 11 is 0. The highest BCUT2D eigenvalue weighted by Crippen LogP contribution is 2.07. The summed E-state index contributed by atoms with van der Waals surface area (Å²) in [7, 11) is 5.56. The number of nitrogens with one attached hydrogen (secondary N) is 3. The molecule has 0 fully saturated rings. The molecule has 8 heteroatoms. The quantitative estimate of drug-likeness (QED) is 0.269. The van der Waals surface area contributed by atoms with Crippen molar-refractivity contribution in [3.05, 3.63) is 0 Å². The number of amides is 1. The van der Waals surface area contributed by atoms with Crippen LogP contribution in [0.3, 0.4) is 0 Å². The molecule has 1 atom stereocenters. The van der Waals surface area contributed by atoms with Crippen LogP contribution in [0.1, 0.15) is 47.0 Å². The number of methoxy groups -OCH3 is 1. The highest BCUT2D eigenvalue weighted by molar-refractivity contribution is 5.79. The smallest absolute Gasteiger partial charge is 0.407 e. The van der Waals surface area contributed by atoms with Crippen molar-refractivity contribution in [2.75, 3.05) is 54.0 Å². The van der Waals surface area contributed by atoms with E-state index < -0.39 is 5.60 Å². The molecule has 0 aromatic carbocycles. The maximum atomic E-state index is 12.0. The van der Waals surface area contributed by atoms with Gasteiger partial charge in [-0.05, 0) is 40.7 Å². The van der Waals surface area contributed by atoms with Crippen molar-refractivity contribution in [3.8, 4) is 0 Å². The molecule has 0 saturated carbocycles. The molecule has 0 rings (SSSR count). The minimum absolute atomic E-state index is 0.0138. The van der Waals surface area contributed by atoms with Crippen LogP contribution in [0.25, 0.3) is 0 Å². The van der Waals surface area contributed by atoms with Crippen LogP contribution in [-0.4, -0.2) is 82.6 Å². The molecular formula is C19H41N5O3. The van der Waals surface area contributed by atoms with Crippen molar-refractivity contribution in [2.24, 2.45) is 4.99 Å². The second-order valence-corrected chi connectivity index (χ2v) is 7.66. The van der Waals surface area contributed by atoms with Crippen LogP contribution < -0.4 is 16.0 Å². The normalized spacial score (nSPS) is 13.4. The van der Waals surface area contributed by atoms with Crippen molar-refractivity contribution >= 4 is 12.1 Å². The van der Waals surface area contributed by atoms with Crippen LogP contribution in [0.2, 0.25) is 0 Å². The number of aliphatic imine (C=N–C) groups is 1. The second-order valence-electron chi connectivity index (χ2n) is 7.66. The predicted molar refractivity (Wildman–Crippen MR) is 111 cm³/mol. The number of ether oxygens (including phenoxy) is 2. The lowest BCUT2D eigenvalue weighted by Gasteiger charge is -2.24. The molecule has 1 amide bonds. The highest BCUT2D eigenvalue weighted by Gasteiger charge is 2.19. The van der Waals surface area contributed by atoms with E-state index in [0.29, 0.717) is 6.54 Å². The lowest BCUT2D eigenvalue weighted by atomic mass is 10.1. The number of hydrogen-bond acceptors (Lipinski definition) is 5. The molecule has 0 aromatic rings. The Morgan fingerprint density at radius 2 is 1.93 bits per heavy atom. The second kappa shape index (κ2) is 14.5. The van der Waals surface area contributed by atoms with E-state index in [9.17, 15) is 4.79 Å². The van der Waals surface area contributed by atoms with E-state index in [1.165, 1.54) is 0 Å². The summed E-state index contributed by atoms with van der Waals surface area (Å²) in [4.78, 5) is 18.5. The van der Waals surface area contributed by atoms with Gasteiger partial charge in [-0.3, -0.25) is 4.99 Å². The Kier molecular flexibility index (Phi) is 13.7. The molecule has 0 saturated heterocycles. The number of rotatable bonds is 12. The Morgan fingerprint density at radius 1 is 1.22 bits per heavy atom. The first kappa shape index (κ1) is 25.5. The zero-order valence-electron chi connectivity index (χ0n) is 18.4. The lowest BCUT2D eigenvalue weighted by molar-refractivity contribution is 0.0502. The molecular weight excluding hydrogens is 346 g/mol. The fourth-order valence-electron chi connectivity index (χ4n) is 2.44. The summed E-state index contributed by atoms with van der Waals surface area (Å²) in [5, 5.41) is 9.51. The third-order valence-electron chi connectivity index (χ3n) is 3.77. The summed E-state index contributed by atoms with van der Waals surface area (Å²) in [6.45, 7) is 11.8. The minimum atomic E-state index is -0.499. The molecule has 0 heterocycles.